The summed E-state index contributed by atoms with van der Waals surface area (Å²) in [5.74, 6) is 4.50. The molecule has 2 N–H and O–H groups in total. The van der Waals surface area contributed by atoms with Gasteiger partial charge >= 0.3 is 7.60 Å². The lowest BCUT2D eigenvalue weighted by Crippen LogP contribution is -2.12. The number of hydrogen-bond donors (Lipinski definition) is 1. The van der Waals surface area contributed by atoms with E-state index < -0.39 is 13.4 Å². The summed E-state index contributed by atoms with van der Waals surface area (Å²) < 4.78 is 23.0. The van der Waals surface area contributed by atoms with E-state index in [0.717, 1.165) is 30.3 Å². The highest BCUT2D eigenvalue weighted by Crippen LogP contribution is 2.65. The van der Waals surface area contributed by atoms with Gasteiger partial charge in [0.2, 0.25) is 5.78 Å². The van der Waals surface area contributed by atoms with E-state index in [-0.39, 0.29) is 33.8 Å². The summed E-state index contributed by atoms with van der Waals surface area (Å²) in [5, 5.41) is 3.42. The number of halogens is 2. The van der Waals surface area contributed by atoms with Gasteiger partial charge in [-0.05, 0) is 36.9 Å². The Morgan fingerprint density at radius 2 is 1.86 bits per heavy atom. The van der Waals surface area contributed by atoms with Gasteiger partial charge in [-0.1, -0.05) is 23.2 Å². The minimum Gasteiger partial charge on any atom is -0.323 e. The van der Waals surface area contributed by atoms with E-state index in [1.807, 2.05) is 0 Å². The van der Waals surface area contributed by atoms with Crippen LogP contribution in [0.1, 0.15) is 12.8 Å². The van der Waals surface area contributed by atoms with Crippen molar-refractivity contribution >= 4 is 66.9 Å². The van der Waals surface area contributed by atoms with E-state index in [9.17, 15) is 9.36 Å². The predicted octanol–water partition coefficient (Wildman–Crippen LogP) is 4.02. The summed E-state index contributed by atoms with van der Waals surface area (Å²) in [7, 11) is -3.58. The van der Waals surface area contributed by atoms with Crippen molar-refractivity contribution in [3.8, 4) is 0 Å². The molecule has 0 atom stereocenters. The topological polar surface area (TPSA) is 91.0 Å². The van der Waals surface area contributed by atoms with Crippen LogP contribution in [0.25, 0.3) is 0 Å². The SMILES string of the molecule is CSOP(=O)(OSC)C1=C(Cl)C(Cl)=C(C(=O)C=NN)CC1. The van der Waals surface area contributed by atoms with Gasteiger partial charge < -0.3 is 5.84 Å². The van der Waals surface area contributed by atoms with Crippen LogP contribution in [0.5, 0.6) is 0 Å². The number of allylic oxidation sites excluding steroid dienone is 4. The summed E-state index contributed by atoms with van der Waals surface area (Å²) in [6, 6.07) is 0. The van der Waals surface area contributed by atoms with Gasteiger partial charge in [0.15, 0.2) is 0 Å². The Balaban J connectivity index is 3.27. The van der Waals surface area contributed by atoms with Crippen LogP contribution in [0.2, 0.25) is 0 Å². The fraction of sp³-hybridized carbons (Fsp3) is 0.400. The third kappa shape index (κ3) is 4.51. The van der Waals surface area contributed by atoms with Crippen molar-refractivity contribution in [1.82, 2.24) is 0 Å². The lowest BCUT2D eigenvalue weighted by Gasteiger charge is -2.23. The third-order valence-electron chi connectivity index (χ3n) is 2.49. The van der Waals surface area contributed by atoms with Crippen LogP contribution >= 0.6 is 54.9 Å². The smallest absolute Gasteiger partial charge is 0.323 e. The standard InChI is InChI=1S/C10H13Cl2N2O4PS2/c1-20-17-19(16,18-21-2)8-4-3-6(7(15)5-14-13)9(11)10(8)12/h5H,3-4,13H2,1-2H3. The van der Waals surface area contributed by atoms with Crippen LogP contribution < -0.4 is 5.84 Å². The highest BCUT2D eigenvalue weighted by atomic mass is 35.5. The van der Waals surface area contributed by atoms with Crippen molar-refractivity contribution in [1.29, 1.82) is 0 Å². The lowest BCUT2D eigenvalue weighted by atomic mass is 10.0. The van der Waals surface area contributed by atoms with Crippen LogP contribution in [0, 0.1) is 0 Å². The van der Waals surface area contributed by atoms with E-state index in [1.54, 1.807) is 12.5 Å². The normalized spacial score (nSPS) is 17.0. The highest BCUT2D eigenvalue weighted by molar-refractivity contribution is 8.01. The van der Waals surface area contributed by atoms with Crippen molar-refractivity contribution in [3.63, 3.8) is 0 Å². The molecular formula is C10H13Cl2N2O4PS2. The summed E-state index contributed by atoms with van der Waals surface area (Å²) in [6.07, 6.45) is 4.64. The van der Waals surface area contributed by atoms with E-state index in [4.69, 9.17) is 37.0 Å². The van der Waals surface area contributed by atoms with Gasteiger partial charge in [-0.15, -0.1) is 0 Å². The Bertz CT molecular complexity index is 555. The second-order valence-corrected chi connectivity index (χ2v) is 7.83. The second kappa shape index (κ2) is 8.62. The first-order valence-electron chi connectivity index (χ1n) is 5.52. The van der Waals surface area contributed by atoms with Crippen LogP contribution in [-0.4, -0.2) is 24.5 Å². The Morgan fingerprint density at radius 3 is 2.33 bits per heavy atom. The van der Waals surface area contributed by atoms with Gasteiger partial charge in [-0.2, -0.15) is 5.10 Å². The largest absolute Gasteiger partial charge is 0.380 e. The van der Waals surface area contributed by atoms with E-state index >= 15 is 0 Å². The summed E-state index contributed by atoms with van der Waals surface area (Å²) in [6.45, 7) is 0. The molecule has 0 aliphatic heterocycles. The maximum atomic E-state index is 12.7. The zero-order valence-corrected chi connectivity index (χ0v) is 15.2. The molecule has 0 saturated carbocycles. The van der Waals surface area contributed by atoms with Crippen molar-refractivity contribution in [2.75, 3.05) is 12.5 Å². The number of nitrogens with two attached hydrogens (primary N) is 1. The van der Waals surface area contributed by atoms with Crippen molar-refractivity contribution in [2.24, 2.45) is 10.9 Å². The highest BCUT2D eigenvalue weighted by Gasteiger charge is 2.37. The molecule has 1 aliphatic carbocycles. The van der Waals surface area contributed by atoms with E-state index in [1.165, 1.54) is 0 Å². The Kier molecular flexibility index (Phi) is 7.84. The minimum absolute atomic E-state index is 0.00289. The minimum atomic E-state index is -3.58. The summed E-state index contributed by atoms with van der Waals surface area (Å²) >= 11 is 14.0. The first-order valence-corrected chi connectivity index (χ1v) is 10.1. The van der Waals surface area contributed by atoms with Gasteiger partial charge in [-0.3, -0.25) is 9.36 Å². The molecule has 0 radical (unpaired) electrons. The molecule has 0 aromatic rings. The second-order valence-electron chi connectivity index (χ2n) is 3.68. The molecule has 0 aromatic carbocycles. The third-order valence-corrected chi connectivity index (χ3v) is 7.42. The summed E-state index contributed by atoms with van der Waals surface area (Å²) in [5.41, 5.74) is 0.263. The molecule has 0 bridgehead atoms. The quantitative estimate of drug-likeness (QED) is 0.230. The summed E-state index contributed by atoms with van der Waals surface area (Å²) in [4.78, 5) is 11.8. The van der Waals surface area contributed by atoms with Gasteiger partial charge in [0, 0.05) is 18.1 Å². The molecular weight excluding hydrogens is 378 g/mol. The molecule has 0 aromatic heterocycles. The molecule has 21 heavy (non-hydrogen) atoms. The molecule has 11 heteroatoms. The van der Waals surface area contributed by atoms with Crippen LogP contribution in [0.4, 0.5) is 0 Å². The van der Waals surface area contributed by atoms with E-state index in [0.29, 0.717) is 0 Å². The molecule has 0 saturated heterocycles. The lowest BCUT2D eigenvalue weighted by molar-refractivity contribution is -0.109. The number of hydrogen-bond acceptors (Lipinski definition) is 8. The fourth-order valence-corrected chi connectivity index (χ4v) is 5.89. The maximum absolute atomic E-state index is 12.7. The van der Waals surface area contributed by atoms with Gasteiger partial charge in [0.25, 0.3) is 0 Å². The predicted molar refractivity (Wildman–Crippen MR) is 89.5 cm³/mol. The number of carbonyl (C=O) groups is 1. The number of rotatable bonds is 7. The Morgan fingerprint density at radius 1 is 1.29 bits per heavy atom. The molecule has 118 valence electrons. The first-order chi connectivity index (χ1) is 9.91. The van der Waals surface area contributed by atoms with Crippen LogP contribution in [0.3, 0.4) is 0 Å². The maximum Gasteiger partial charge on any atom is 0.380 e. The van der Waals surface area contributed by atoms with Gasteiger partial charge in [-0.25, -0.2) is 7.94 Å². The Hall–Kier alpha value is 0.0500. The van der Waals surface area contributed by atoms with Crippen molar-refractivity contribution in [3.05, 3.63) is 21.0 Å². The molecule has 0 unspecified atom stereocenters. The Labute approximate surface area is 141 Å². The number of ketones is 1. The molecule has 6 nitrogen and oxygen atoms in total. The molecule has 0 spiro atoms. The number of hydrazone groups is 1. The molecule has 1 aliphatic rings. The van der Waals surface area contributed by atoms with Crippen molar-refractivity contribution < 1.29 is 17.3 Å². The van der Waals surface area contributed by atoms with Gasteiger partial charge in [0.05, 0.1) is 21.6 Å². The van der Waals surface area contributed by atoms with Gasteiger partial charge in [0.1, 0.15) is 0 Å². The number of carbonyl (C=O) groups excluding carboxylic acids is 1. The average molecular weight is 391 g/mol. The van der Waals surface area contributed by atoms with E-state index in [2.05, 4.69) is 5.10 Å². The zero-order valence-electron chi connectivity index (χ0n) is 11.2. The molecule has 0 amide bonds. The molecule has 0 fully saturated rings. The van der Waals surface area contributed by atoms with Crippen LogP contribution in [-0.2, 0) is 17.3 Å². The first kappa shape index (κ1) is 19.1. The van der Waals surface area contributed by atoms with Crippen molar-refractivity contribution in [2.45, 2.75) is 12.8 Å². The average Bonchev–Trinajstić information content (AvgIpc) is 2.42. The fourth-order valence-electron chi connectivity index (χ4n) is 1.65. The van der Waals surface area contributed by atoms with Crippen LogP contribution in [0.15, 0.2) is 26.1 Å². The molecule has 0 heterocycles. The monoisotopic (exact) mass is 390 g/mol. The molecule has 1 rings (SSSR count). The zero-order chi connectivity index (χ0) is 16.0. The number of nitrogens with zero attached hydrogens (tertiary/aromatic N) is 1. The number of Topliss-reactive ketones (excluding diaryl/α,β-unsaturated/α-hetero) is 1.